The molecule has 24 heavy (non-hydrogen) atoms. The van der Waals surface area contributed by atoms with Crippen molar-refractivity contribution in [1.29, 1.82) is 0 Å². The zero-order valence-electron chi connectivity index (χ0n) is 13.6. The smallest absolute Gasteiger partial charge is 0.118 e. The molecule has 0 saturated heterocycles. The van der Waals surface area contributed by atoms with Gasteiger partial charge >= 0.3 is 0 Å². The summed E-state index contributed by atoms with van der Waals surface area (Å²) in [6.07, 6.45) is 3.33. The number of benzene rings is 2. The molecule has 3 aromatic rings. The molecule has 1 aromatic heterocycles. The predicted octanol–water partition coefficient (Wildman–Crippen LogP) is 3.55. The quantitative estimate of drug-likeness (QED) is 0.682. The maximum atomic E-state index is 6.48. The van der Waals surface area contributed by atoms with Crippen LogP contribution < -0.4 is 0 Å². The van der Waals surface area contributed by atoms with Gasteiger partial charge in [0.05, 0.1) is 5.02 Å². The lowest BCUT2D eigenvalue weighted by molar-refractivity contribution is 0.214. The Bertz CT molecular complexity index is 932. The van der Waals surface area contributed by atoms with Crippen molar-refractivity contribution in [3.8, 4) is 0 Å². The molecule has 122 valence electrons. The number of halogens is 1. The van der Waals surface area contributed by atoms with Crippen LogP contribution in [0.1, 0.15) is 34.6 Å². The number of nitrogens with one attached hydrogen (secondary N) is 1. The van der Waals surface area contributed by atoms with Gasteiger partial charge < -0.3 is 4.90 Å². The van der Waals surface area contributed by atoms with Crippen LogP contribution in [0.4, 0.5) is 0 Å². The average molecular weight is 339 g/mol. The lowest BCUT2D eigenvalue weighted by Gasteiger charge is -2.38. The summed E-state index contributed by atoms with van der Waals surface area (Å²) in [5, 5.41) is 12.2. The fraction of sp³-hybridized carbons (Fsp3) is 0.368. The molecule has 1 N–H and O–H groups in total. The van der Waals surface area contributed by atoms with Crippen LogP contribution >= 0.6 is 11.6 Å². The summed E-state index contributed by atoms with van der Waals surface area (Å²) < 4.78 is 0. The van der Waals surface area contributed by atoms with E-state index in [9.17, 15) is 0 Å². The minimum absolute atomic E-state index is 0.335. The van der Waals surface area contributed by atoms with Gasteiger partial charge in [-0.25, -0.2) is 0 Å². The lowest BCUT2D eigenvalue weighted by atomic mass is 9.74. The lowest BCUT2D eigenvalue weighted by Crippen LogP contribution is -2.39. The van der Waals surface area contributed by atoms with Gasteiger partial charge in [0.1, 0.15) is 11.0 Å². The second-order valence-corrected chi connectivity index (χ2v) is 7.39. The highest BCUT2D eigenvalue weighted by molar-refractivity contribution is 6.35. The number of rotatable bonds is 0. The van der Waals surface area contributed by atoms with E-state index < -0.39 is 0 Å². The number of aromatic amines is 1. The molecule has 0 saturated carbocycles. The van der Waals surface area contributed by atoms with Gasteiger partial charge in [0.2, 0.25) is 0 Å². The number of nitrogens with zero attached hydrogens (tertiary/aromatic N) is 3. The van der Waals surface area contributed by atoms with Gasteiger partial charge in [0.25, 0.3) is 0 Å². The Labute approximate surface area is 145 Å². The van der Waals surface area contributed by atoms with Gasteiger partial charge in [-0.05, 0) is 54.6 Å². The van der Waals surface area contributed by atoms with E-state index in [2.05, 4.69) is 57.7 Å². The van der Waals surface area contributed by atoms with E-state index in [0.717, 1.165) is 35.4 Å². The third-order valence-electron chi connectivity index (χ3n) is 5.78. The molecule has 5 heteroatoms. The van der Waals surface area contributed by atoms with Crippen molar-refractivity contribution in [3.63, 3.8) is 0 Å². The molecule has 1 aliphatic carbocycles. The summed E-state index contributed by atoms with van der Waals surface area (Å²) in [4.78, 5) is 2.51. The summed E-state index contributed by atoms with van der Waals surface area (Å²) in [7, 11) is 2.25. The Morgan fingerprint density at radius 3 is 3.00 bits per heavy atom. The van der Waals surface area contributed by atoms with E-state index in [0.29, 0.717) is 12.0 Å². The van der Waals surface area contributed by atoms with Crippen molar-refractivity contribution in [3.05, 3.63) is 57.6 Å². The Morgan fingerprint density at radius 2 is 2.08 bits per heavy atom. The van der Waals surface area contributed by atoms with Crippen LogP contribution in [-0.2, 0) is 12.8 Å². The van der Waals surface area contributed by atoms with Gasteiger partial charge in [-0.1, -0.05) is 41.1 Å². The van der Waals surface area contributed by atoms with E-state index in [1.54, 1.807) is 0 Å². The number of fused-ring (bicyclic) bond motifs is 7. The topological polar surface area (TPSA) is 44.8 Å². The highest BCUT2D eigenvalue weighted by atomic mass is 35.5. The Hall–Kier alpha value is -1.91. The van der Waals surface area contributed by atoms with Crippen LogP contribution in [0.5, 0.6) is 0 Å². The summed E-state index contributed by atoms with van der Waals surface area (Å²) >= 11 is 6.48. The molecule has 2 atom stereocenters. The molecule has 2 aliphatic rings. The van der Waals surface area contributed by atoms with Crippen LogP contribution in [-0.4, -0.2) is 39.9 Å². The van der Waals surface area contributed by atoms with Crippen molar-refractivity contribution < 1.29 is 0 Å². The molecule has 2 aromatic carbocycles. The molecular formula is C19H19ClN4. The minimum atomic E-state index is 0.335. The predicted molar refractivity (Wildman–Crippen MR) is 95.6 cm³/mol. The molecule has 0 amide bonds. The molecule has 2 heterocycles. The Balaban J connectivity index is 1.84. The normalized spacial score (nSPS) is 23.4. The molecule has 4 nitrogen and oxygen atoms in total. The van der Waals surface area contributed by atoms with Gasteiger partial charge in [-0.15, -0.1) is 5.10 Å². The zero-order valence-corrected chi connectivity index (χ0v) is 14.3. The molecule has 1 aliphatic heterocycles. The van der Waals surface area contributed by atoms with E-state index in [1.165, 1.54) is 28.7 Å². The van der Waals surface area contributed by atoms with Gasteiger partial charge in [0, 0.05) is 18.5 Å². The highest BCUT2D eigenvalue weighted by Gasteiger charge is 2.38. The second-order valence-electron chi connectivity index (χ2n) is 6.98. The van der Waals surface area contributed by atoms with Crippen molar-refractivity contribution in [2.75, 3.05) is 13.6 Å². The first-order chi connectivity index (χ1) is 11.7. The number of hydrogen-bond donors (Lipinski definition) is 1. The second kappa shape index (κ2) is 5.30. The Morgan fingerprint density at radius 1 is 1.21 bits per heavy atom. The van der Waals surface area contributed by atoms with Gasteiger partial charge in [-0.3, -0.25) is 5.10 Å². The molecule has 0 fully saturated rings. The van der Waals surface area contributed by atoms with E-state index >= 15 is 0 Å². The van der Waals surface area contributed by atoms with Gasteiger partial charge in [0.15, 0.2) is 0 Å². The number of aryl methyl sites for hydroxylation is 1. The van der Waals surface area contributed by atoms with Crippen LogP contribution in [0, 0.1) is 0 Å². The zero-order chi connectivity index (χ0) is 16.3. The van der Waals surface area contributed by atoms with Crippen LogP contribution in [0.2, 0.25) is 5.02 Å². The molecule has 0 bridgehead atoms. The molecular weight excluding hydrogens is 320 g/mol. The van der Waals surface area contributed by atoms with Crippen molar-refractivity contribution in [2.45, 2.75) is 31.2 Å². The van der Waals surface area contributed by atoms with Crippen molar-refractivity contribution in [1.82, 2.24) is 20.3 Å². The van der Waals surface area contributed by atoms with E-state index in [1.807, 2.05) is 0 Å². The van der Waals surface area contributed by atoms with Crippen molar-refractivity contribution >= 4 is 22.6 Å². The van der Waals surface area contributed by atoms with E-state index in [4.69, 9.17) is 11.6 Å². The average Bonchev–Trinajstić information content (AvgIpc) is 3.04. The fourth-order valence-corrected chi connectivity index (χ4v) is 4.88. The molecule has 0 spiro atoms. The minimum Gasteiger partial charge on any atom is -0.302 e. The molecule has 0 radical (unpaired) electrons. The Kier molecular flexibility index (Phi) is 3.19. The van der Waals surface area contributed by atoms with E-state index in [-0.39, 0.29) is 0 Å². The number of hydrogen-bond acceptors (Lipinski definition) is 3. The van der Waals surface area contributed by atoms with Crippen molar-refractivity contribution in [2.24, 2.45) is 0 Å². The monoisotopic (exact) mass is 338 g/mol. The number of aromatic nitrogens is 3. The first-order valence-corrected chi connectivity index (χ1v) is 8.92. The van der Waals surface area contributed by atoms with Crippen LogP contribution in [0.25, 0.3) is 11.0 Å². The number of likely N-dealkylation sites (N-methyl/N-ethyl adjacent to an activating group) is 1. The summed E-state index contributed by atoms with van der Waals surface area (Å²) in [5.41, 5.74) is 7.35. The number of H-pyrrole nitrogens is 1. The largest absolute Gasteiger partial charge is 0.302 e. The molecule has 0 unspecified atom stereocenters. The summed E-state index contributed by atoms with van der Waals surface area (Å²) in [6, 6.07) is 11.5. The summed E-state index contributed by atoms with van der Waals surface area (Å²) in [6.45, 7) is 1.05. The first-order valence-electron chi connectivity index (χ1n) is 8.54. The third-order valence-corrected chi connectivity index (χ3v) is 6.08. The third kappa shape index (κ3) is 1.96. The first kappa shape index (κ1) is 14.4. The SMILES string of the molecule is CN1CCc2cc(Cl)c3[nH]nnc3c2[C@H]2c3ccccc3CC[C@@H]21. The van der Waals surface area contributed by atoms with Crippen LogP contribution in [0.15, 0.2) is 30.3 Å². The fourth-order valence-electron chi connectivity index (χ4n) is 4.62. The maximum Gasteiger partial charge on any atom is 0.118 e. The van der Waals surface area contributed by atoms with Crippen LogP contribution in [0.3, 0.4) is 0 Å². The van der Waals surface area contributed by atoms with Gasteiger partial charge in [-0.2, -0.15) is 0 Å². The molecule has 5 rings (SSSR count). The maximum absolute atomic E-state index is 6.48. The highest BCUT2D eigenvalue weighted by Crippen LogP contribution is 2.45. The standard InChI is InChI=1S/C19H19ClN4/c1-24-9-8-12-10-14(20)18-19(22-23-21-18)16(12)17-13-5-3-2-4-11(13)6-7-15(17)24/h2-5,10,15,17H,6-9H2,1H3,(H,21,22,23)/t15-,17-/m0/s1. The summed E-state index contributed by atoms with van der Waals surface area (Å²) in [5.74, 6) is 0.335.